The van der Waals surface area contributed by atoms with Gasteiger partial charge in [0.1, 0.15) is 5.75 Å². The Bertz CT molecular complexity index is 574. The molecule has 0 saturated carbocycles. The van der Waals surface area contributed by atoms with Crippen molar-refractivity contribution in [1.82, 2.24) is 0 Å². The van der Waals surface area contributed by atoms with E-state index in [2.05, 4.69) is 0 Å². The van der Waals surface area contributed by atoms with Crippen LogP contribution < -0.4 is 0 Å². The van der Waals surface area contributed by atoms with Crippen LogP contribution in [0, 0.1) is 13.8 Å². The highest BCUT2D eigenvalue weighted by molar-refractivity contribution is 5.74. The van der Waals surface area contributed by atoms with Gasteiger partial charge in [0.2, 0.25) is 0 Å². The van der Waals surface area contributed by atoms with E-state index in [1.165, 1.54) is 12.1 Å². The molecule has 2 rings (SSSR count). The van der Waals surface area contributed by atoms with Gasteiger partial charge in [0.15, 0.2) is 11.5 Å². The molecule has 3 heteroatoms. The van der Waals surface area contributed by atoms with Gasteiger partial charge in [-0.2, -0.15) is 0 Å². The standard InChI is InChI=1S/C14H14O3/c1-8-3-5-11(14(17)9(8)2)10-4-6-12(15)13(16)7-10/h3-7,15-17H,1-2H3. The van der Waals surface area contributed by atoms with Crippen LogP contribution in [0.1, 0.15) is 11.1 Å². The lowest BCUT2D eigenvalue weighted by Gasteiger charge is -2.10. The molecule has 0 amide bonds. The molecule has 88 valence electrons. The average molecular weight is 230 g/mol. The summed E-state index contributed by atoms with van der Waals surface area (Å²) in [6.45, 7) is 3.77. The summed E-state index contributed by atoms with van der Waals surface area (Å²) >= 11 is 0. The molecule has 0 radical (unpaired) electrons. The third-order valence-electron chi connectivity index (χ3n) is 2.99. The van der Waals surface area contributed by atoms with Crippen LogP contribution >= 0.6 is 0 Å². The SMILES string of the molecule is Cc1ccc(-c2ccc(O)c(O)c2)c(O)c1C. The van der Waals surface area contributed by atoms with Crippen molar-refractivity contribution in [3.63, 3.8) is 0 Å². The van der Waals surface area contributed by atoms with Gasteiger partial charge in [-0.05, 0) is 42.7 Å². The van der Waals surface area contributed by atoms with Gasteiger partial charge in [-0.15, -0.1) is 0 Å². The summed E-state index contributed by atoms with van der Waals surface area (Å²) in [5, 5.41) is 28.7. The van der Waals surface area contributed by atoms with Crippen molar-refractivity contribution in [3.05, 3.63) is 41.5 Å². The Kier molecular flexibility index (Phi) is 2.68. The van der Waals surface area contributed by atoms with Gasteiger partial charge >= 0.3 is 0 Å². The zero-order valence-electron chi connectivity index (χ0n) is 9.73. The van der Waals surface area contributed by atoms with Gasteiger partial charge in [-0.3, -0.25) is 0 Å². The Morgan fingerprint density at radius 3 is 2.18 bits per heavy atom. The lowest BCUT2D eigenvalue weighted by atomic mass is 9.98. The molecule has 0 saturated heterocycles. The molecule has 0 aliphatic rings. The number of aromatic hydroxyl groups is 3. The Morgan fingerprint density at radius 2 is 1.53 bits per heavy atom. The van der Waals surface area contributed by atoms with Crippen LogP contribution in [0.4, 0.5) is 0 Å². The number of aryl methyl sites for hydroxylation is 1. The average Bonchev–Trinajstić information content (AvgIpc) is 2.30. The summed E-state index contributed by atoms with van der Waals surface area (Å²) in [7, 11) is 0. The first-order valence-electron chi connectivity index (χ1n) is 5.32. The van der Waals surface area contributed by atoms with Crippen LogP contribution in [-0.4, -0.2) is 15.3 Å². The fourth-order valence-corrected chi connectivity index (χ4v) is 1.72. The Hall–Kier alpha value is -2.16. The summed E-state index contributed by atoms with van der Waals surface area (Å²) in [6, 6.07) is 8.19. The minimum absolute atomic E-state index is 0.169. The van der Waals surface area contributed by atoms with Crippen molar-refractivity contribution < 1.29 is 15.3 Å². The minimum Gasteiger partial charge on any atom is -0.507 e. The van der Waals surface area contributed by atoms with Gasteiger partial charge in [0.25, 0.3) is 0 Å². The molecule has 0 bridgehead atoms. The lowest BCUT2D eigenvalue weighted by molar-refractivity contribution is 0.404. The largest absolute Gasteiger partial charge is 0.507 e. The quantitative estimate of drug-likeness (QED) is 0.660. The van der Waals surface area contributed by atoms with Crippen molar-refractivity contribution >= 4 is 0 Å². The lowest BCUT2D eigenvalue weighted by Crippen LogP contribution is -1.86. The van der Waals surface area contributed by atoms with Crippen molar-refractivity contribution in [3.8, 4) is 28.4 Å². The summed E-state index contributed by atoms with van der Waals surface area (Å²) in [5.74, 6) is -0.160. The number of phenols is 3. The summed E-state index contributed by atoms with van der Waals surface area (Å²) < 4.78 is 0. The second-order valence-corrected chi connectivity index (χ2v) is 4.11. The number of hydrogen-bond donors (Lipinski definition) is 3. The fraction of sp³-hybridized carbons (Fsp3) is 0.143. The van der Waals surface area contributed by atoms with Crippen molar-refractivity contribution in [2.75, 3.05) is 0 Å². The van der Waals surface area contributed by atoms with Gasteiger partial charge in [-0.1, -0.05) is 18.2 Å². The maximum Gasteiger partial charge on any atom is 0.158 e. The minimum atomic E-state index is -0.194. The Morgan fingerprint density at radius 1 is 0.824 bits per heavy atom. The van der Waals surface area contributed by atoms with Crippen LogP contribution in [0.3, 0.4) is 0 Å². The van der Waals surface area contributed by atoms with Crippen LogP contribution in [0.25, 0.3) is 11.1 Å². The number of benzene rings is 2. The van der Waals surface area contributed by atoms with E-state index >= 15 is 0 Å². The molecular formula is C14H14O3. The molecule has 0 unspecified atom stereocenters. The molecule has 2 aromatic carbocycles. The first-order chi connectivity index (χ1) is 8.00. The van der Waals surface area contributed by atoms with Gasteiger partial charge in [0, 0.05) is 5.56 Å². The predicted molar refractivity (Wildman–Crippen MR) is 66.3 cm³/mol. The molecule has 0 atom stereocenters. The zero-order chi connectivity index (χ0) is 12.6. The number of hydrogen-bond acceptors (Lipinski definition) is 3. The van der Waals surface area contributed by atoms with E-state index in [-0.39, 0.29) is 17.2 Å². The van der Waals surface area contributed by atoms with E-state index in [1.54, 1.807) is 12.1 Å². The topological polar surface area (TPSA) is 60.7 Å². The fourth-order valence-electron chi connectivity index (χ4n) is 1.72. The van der Waals surface area contributed by atoms with E-state index in [4.69, 9.17) is 0 Å². The van der Waals surface area contributed by atoms with E-state index in [0.29, 0.717) is 11.1 Å². The van der Waals surface area contributed by atoms with Crippen molar-refractivity contribution in [2.45, 2.75) is 13.8 Å². The molecule has 0 fully saturated rings. The summed E-state index contributed by atoms with van der Waals surface area (Å²) in [4.78, 5) is 0. The van der Waals surface area contributed by atoms with Crippen molar-refractivity contribution in [2.24, 2.45) is 0 Å². The Labute approximate surface area is 99.6 Å². The summed E-state index contributed by atoms with van der Waals surface area (Å²) in [6.07, 6.45) is 0. The van der Waals surface area contributed by atoms with Crippen molar-refractivity contribution in [1.29, 1.82) is 0 Å². The Balaban J connectivity index is 2.61. The third-order valence-corrected chi connectivity index (χ3v) is 2.99. The highest BCUT2D eigenvalue weighted by atomic mass is 16.3. The second-order valence-electron chi connectivity index (χ2n) is 4.11. The monoisotopic (exact) mass is 230 g/mol. The van der Waals surface area contributed by atoms with Crippen LogP contribution in [0.15, 0.2) is 30.3 Å². The van der Waals surface area contributed by atoms with E-state index in [9.17, 15) is 15.3 Å². The molecule has 0 aliphatic heterocycles. The molecule has 2 aromatic rings. The molecule has 0 aliphatic carbocycles. The zero-order valence-corrected chi connectivity index (χ0v) is 9.73. The molecule has 0 aromatic heterocycles. The third kappa shape index (κ3) is 1.91. The molecule has 0 heterocycles. The first kappa shape index (κ1) is 11.3. The van der Waals surface area contributed by atoms with E-state index in [1.807, 2.05) is 19.9 Å². The molecule has 17 heavy (non-hydrogen) atoms. The first-order valence-corrected chi connectivity index (χ1v) is 5.32. The molecule has 0 spiro atoms. The van der Waals surface area contributed by atoms with Crippen LogP contribution in [-0.2, 0) is 0 Å². The van der Waals surface area contributed by atoms with Gasteiger partial charge in [-0.25, -0.2) is 0 Å². The smallest absolute Gasteiger partial charge is 0.158 e. The van der Waals surface area contributed by atoms with Crippen LogP contribution in [0.2, 0.25) is 0 Å². The summed E-state index contributed by atoms with van der Waals surface area (Å²) in [5.41, 5.74) is 3.13. The molecule has 3 N–H and O–H groups in total. The van der Waals surface area contributed by atoms with E-state index in [0.717, 1.165) is 11.1 Å². The van der Waals surface area contributed by atoms with Crippen LogP contribution in [0.5, 0.6) is 17.2 Å². The number of phenolic OH excluding ortho intramolecular Hbond substituents is 3. The molecule has 3 nitrogen and oxygen atoms in total. The highest BCUT2D eigenvalue weighted by Crippen LogP contribution is 2.37. The highest BCUT2D eigenvalue weighted by Gasteiger charge is 2.10. The van der Waals surface area contributed by atoms with Gasteiger partial charge < -0.3 is 15.3 Å². The number of rotatable bonds is 1. The maximum absolute atomic E-state index is 10.0. The maximum atomic E-state index is 10.0. The normalized spacial score (nSPS) is 10.5. The van der Waals surface area contributed by atoms with Gasteiger partial charge in [0.05, 0.1) is 0 Å². The second kappa shape index (κ2) is 4.01. The van der Waals surface area contributed by atoms with E-state index < -0.39 is 0 Å². The molecular weight excluding hydrogens is 216 g/mol. The predicted octanol–water partition coefficient (Wildman–Crippen LogP) is 3.09.